The zero-order valence-electron chi connectivity index (χ0n) is 49.9. The molecule has 10 heteroatoms. The van der Waals surface area contributed by atoms with Crippen LogP contribution in [0, 0.1) is 0 Å². The van der Waals surface area contributed by atoms with Crippen molar-refractivity contribution in [1.82, 2.24) is 0 Å². The first-order valence-corrected chi connectivity index (χ1v) is 32.8. The Balaban J connectivity index is 4.09. The van der Waals surface area contributed by atoms with E-state index in [4.69, 9.17) is 18.5 Å². The minimum atomic E-state index is -4.64. The Bertz CT molecular complexity index is 1560. The second-order valence-electron chi connectivity index (χ2n) is 22.0. The lowest BCUT2D eigenvalue weighted by Gasteiger charge is -2.28. The summed E-state index contributed by atoms with van der Waals surface area (Å²) in [6.45, 7) is 4.12. The van der Waals surface area contributed by atoms with Crippen molar-refractivity contribution in [3.8, 4) is 0 Å². The Morgan fingerprint density at radius 3 is 1.12 bits per heavy atom. The maximum absolute atomic E-state index is 12.8. The van der Waals surface area contributed by atoms with E-state index in [1.807, 2.05) is 21.1 Å². The van der Waals surface area contributed by atoms with Crippen LogP contribution in [0.25, 0.3) is 0 Å². The average Bonchev–Trinajstić information content (AvgIpc) is 3.38. The lowest BCUT2D eigenvalue weighted by Crippen LogP contribution is -2.37. The molecule has 0 aromatic carbocycles. The lowest BCUT2D eigenvalue weighted by atomic mass is 10.0. The molecule has 440 valence electrons. The molecule has 0 N–H and O–H groups in total. The second-order valence-corrected chi connectivity index (χ2v) is 23.4. The van der Waals surface area contributed by atoms with Gasteiger partial charge in [-0.25, -0.2) is 0 Å². The van der Waals surface area contributed by atoms with Crippen molar-refractivity contribution in [2.45, 2.75) is 277 Å². The average molecular weight is 1080 g/mol. The number of nitrogens with zero attached hydrogens (tertiary/aromatic N) is 1. The molecule has 0 aromatic heterocycles. The molecular weight excluding hydrogens is 966 g/mol. The predicted molar refractivity (Wildman–Crippen MR) is 323 cm³/mol. The zero-order chi connectivity index (χ0) is 55.6. The Morgan fingerprint density at radius 2 is 0.750 bits per heavy atom. The van der Waals surface area contributed by atoms with Crippen LogP contribution in [0.15, 0.2) is 85.1 Å². The number of quaternary nitrogens is 1. The summed E-state index contributed by atoms with van der Waals surface area (Å²) in [7, 11) is 1.16. The fourth-order valence-corrected chi connectivity index (χ4v) is 9.33. The molecular formula is C66H118NO8P. The van der Waals surface area contributed by atoms with Gasteiger partial charge in [0.15, 0.2) is 6.10 Å². The third-order valence-corrected chi connectivity index (χ3v) is 14.4. The minimum Gasteiger partial charge on any atom is -0.756 e. The van der Waals surface area contributed by atoms with Crippen molar-refractivity contribution in [2.75, 3.05) is 47.5 Å². The fraction of sp³-hybridized carbons (Fsp3) is 0.758. The molecule has 0 amide bonds. The van der Waals surface area contributed by atoms with E-state index in [-0.39, 0.29) is 32.0 Å². The summed E-state index contributed by atoms with van der Waals surface area (Å²) in [6.07, 6.45) is 76.4. The standard InChI is InChI=1S/C66H118NO8P/c1-6-8-10-12-14-16-18-20-22-24-26-28-29-30-31-32-33-34-35-36-37-39-40-42-44-46-48-50-52-54-56-58-65(68)72-62-64(63-74-76(70,71)73-61-60-67(3,4)5)75-66(69)59-57-55-53-51-49-47-45-43-41-38-27-25-23-21-19-17-15-13-11-9-7-2/h9,11,15,17-18,20-21,23-24,26-27,29-30,38,64H,6-8,10,12-14,16,19,22,25,28,31-37,39-63H2,1-5H3/b11-9-,17-15-,20-18-,23-21-,26-24-,30-29-,38-27-. The van der Waals surface area contributed by atoms with E-state index in [2.05, 4.69) is 98.9 Å². The first kappa shape index (κ1) is 73.2. The zero-order valence-corrected chi connectivity index (χ0v) is 50.8. The molecule has 0 saturated heterocycles. The van der Waals surface area contributed by atoms with Gasteiger partial charge in [-0.1, -0.05) is 253 Å². The highest BCUT2D eigenvalue weighted by Gasteiger charge is 2.22. The predicted octanol–water partition coefficient (Wildman–Crippen LogP) is 19.2. The molecule has 0 aliphatic carbocycles. The number of hydrogen-bond acceptors (Lipinski definition) is 8. The van der Waals surface area contributed by atoms with Gasteiger partial charge >= 0.3 is 11.9 Å². The highest BCUT2D eigenvalue weighted by atomic mass is 31.2. The number of carbonyl (C=O) groups is 2. The van der Waals surface area contributed by atoms with Gasteiger partial charge in [0.25, 0.3) is 7.82 Å². The molecule has 0 spiro atoms. The van der Waals surface area contributed by atoms with E-state index in [9.17, 15) is 19.0 Å². The van der Waals surface area contributed by atoms with E-state index in [0.29, 0.717) is 17.4 Å². The molecule has 0 heterocycles. The smallest absolute Gasteiger partial charge is 0.306 e. The van der Waals surface area contributed by atoms with E-state index in [1.165, 1.54) is 154 Å². The number of rotatable bonds is 57. The molecule has 0 saturated carbocycles. The first-order chi connectivity index (χ1) is 37.0. The first-order valence-electron chi connectivity index (χ1n) is 31.3. The number of unbranched alkanes of at least 4 members (excludes halogenated alkanes) is 29. The largest absolute Gasteiger partial charge is 0.756 e. The Hall–Kier alpha value is -2.81. The Kier molecular flexibility index (Phi) is 54.8. The number of phosphoric ester groups is 1. The van der Waals surface area contributed by atoms with Gasteiger partial charge in [-0.05, 0) is 89.9 Å². The molecule has 76 heavy (non-hydrogen) atoms. The third kappa shape index (κ3) is 60.4. The summed E-state index contributed by atoms with van der Waals surface area (Å²) < 4.78 is 34.2. The SMILES string of the molecule is CC/C=C\C/C=C\C/C=C\C/C=C\CCCCCCCCCCC(=O)OC(COC(=O)CCCCCCCCCCCCCCCCCC/C=C\C/C=C\C/C=C\CCCCCCC)COP(=O)([O-])OCC[N+](C)(C)C. The van der Waals surface area contributed by atoms with Gasteiger partial charge in [-0.2, -0.15) is 0 Å². The van der Waals surface area contributed by atoms with Crippen molar-refractivity contribution in [3.05, 3.63) is 85.1 Å². The molecule has 0 radical (unpaired) electrons. The van der Waals surface area contributed by atoms with Crippen LogP contribution in [0.5, 0.6) is 0 Å². The maximum Gasteiger partial charge on any atom is 0.306 e. The van der Waals surface area contributed by atoms with Crippen LogP contribution in [-0.2, 0) is 32.7 Å². The summed E-state index contributed by atoms with van der Waals surface area (Å²) in [4.78, 5) is 37.9. The number of phosphoric acid groups is 1. The third-order valence-electron chi connectivity index (χ3n) is 13.4. The van der Waals surface area contributed by atoms with Gasteiger partial charge in [0.05, 0.1) is 27.7 Å². The van der Waals surface area contributed by atoms with Crippen molar-refractivity contribution < 1.29 is 42.1 Å². The molecule has 0 aliphatic rings. The molecule has 0 aromatic rings. The van der Waals surface area contributed by atoms with Gasteiger partial charge in [0, 0.05) is 12.8 Å². The van der Waals surface area contributed by atoms with Crippen LogP contribution in [0.3, 0.4) is 0 Å². The number of ether oxygens (including phenoxy) is 2. The van der Waals surface area contributed by atoms with Gasteiger partial charge in [-0.15, -0.1) is 0 Å². The van der Waals surface area contributed by atoms with Crippen molar-refractivity contribution in [3.63, 3.8) is 0 Å². The monoisotopic (exact) mass is 1080 g/mol. The maximum atomic E-state index is 12.8. The number of likely N-dealkylation sites (N-methyl/N-ethyl adjacent to an activating group) is 1. The van der Waals surface area contributed by atoms with Crippen LogP contribution >= 0.6 is 7.82 Å². The highest BCUT2D eigenvalue weighted by molar-refractivity contribution is 7.45. The molecule has 2 unspecified atom stereocenters. The number of esters is 2. The lowest BCUT2D eigenvalue weighted by molar-refractivity contribution is -0.870. The summed E-state index contributed by atoms with van der Waals surface area (Å²) in [5.74, 6) is -0.839. The van der Waals surface area contributed by atoms with Gasteiger partial charge < -0.3 is 27.9 Å². The quantitative estimate of drug-likeness (QED) is 0.0195. The van der Waals surface area contributed by atoms with Crippen LogP contribution in [0.2, 0.25) is 0 Å². The normalized spacial score (nSPS) is 13.8. The minimum absolute atomic E-state index is 0.0354. The Morgan fingerprint density at radius 1 is 0.421 bits per heavy atom. The molecule has 0 bridgehead atoms. The summed E-state index contributed by atoms with van der Waals surface area (Å²) in [5, 5.41) is 0. The number of allylic oxidation sites excluding steroid dienone is 14. The summed E-state index contributed by atoms with van der Waals surface area (Å²) >= 11 is 0. The van der Waals surface area contributed by atoms with Crippen LogP contribution in [-0.4, -0.2) is 70.0 Å². The van der Waals surface area contributed by atoms with Crippen LogP contribution in [0.4, 0.5) is 0 Å². The summed E-state index contributed by atoms with van der Waals surface area (Å²) in [6, 6.07) is 0. The van der Waals surface area contributed by atoms with Gasteiger partial charge in [-0.3, -0.25) is 14.2 Å². The molecule has 2 atom stereocenters. The van der Waals surface area contributed by atoms with Gasteiger partial charge in [0.2, 0.25) is 0 Å². The van der Waals surface area contributed by atoms with E-state index in [1.54, 1.807) is 0 Å². The molecule has 9 nitrogen and oxygen atoms in total. The number of carbonyl (C=O) groups excluding carboxylic acids is 2. The van der Waals surface area contributed by atoms with Crippen molar-refractivity contribution >= 4 is 19.8 Å². The highest BCUT2D eigenvalue weighted by Crippen LogP contribution is 2.38. The van der Waals surface area contributed by atoms with E-state index in [0.717, 1.165) is 83.5 Å². The van der Waals surface area contributed by atoms with Crippen LogP contribution < -0.4 is 4.89 Å². The van der Waals surface area contributed by atoms with Crippen molar-refractivity contribution in [2.24, 2.45) is 0 Å². The second kappa shape index (κ2) is 56.9. The Labute approximate surface area is 469 Å². The van der Waals surface area contributed by atoms with E-state index >= 15 is 0 Å². The molecule has 0 aliphatic heterocycles. The van der Waals surface area contributed by atoms with E-state index < -0.39 is 26.5 Å². The van der Waals surface area contributed by atoms with Crippen LogP contribution in [0.1, 0.15) is 271 Å². The summed E-state index contributed by atoms with van der Waals surface area (Å²) in [5.41, 5.74) is 0. The molecule has 0 rings (SSSR count). The molecule has 0 fully saturated rings. The fourth-order valence-electron chi connectivity index (χ4n) is 8.60. The van der Waals surface area contributed by atoms with Crippen molar-refractivity contribution in [1.29, 1.82) is 0 Å². The topological polar surface area (TPSA) is 111 Å². The van der Waals surface area contributed by atoms with Gasteiger partial charge in [0.1, 0.15) is 19.8 Å². The number of hydrogen-bond donors (Lipinski definition) is 0.